The molecule has 114 valence electrons. The van der Waals surface area contributed by atoms with Crippen LogP contribution in [0.3, 0.4) is 0 Å². The van der Waals surface area contributed by atoms with Crippen LogP contribution in [0.4, 0.5) is 5.69 Å². The molecule has 0 bridgehead atoms. The number of benzene rings is 1. The number of hydrogen-bond donors (Lipinski definition) is 3. The van der Waals surface area contributed by atoms with Crippen molar-refractivity contribution in [1.82, 2.24) is 5.43 Å². The number of amides is 1. The molecule has 21 heavy (non-hydrogen) atoms. The number of hydrazine groups is 1. The van der Waals surface area contributed by atoms with Gasteiger partial charge in [0.05, 0.1) is 12.0 Å². The summed E-state index contributed by atoms with van der Waals surface area (Å²) in [6.07, 6.45) is 3.18. The van der Waals surface area contributed by atoms with Gasteiger partial charge in [0.2, 0.25) is 6.41 Å². The molecule has 1 amide bonds. The van der Waals surface area contributed by atoms with Crippen LogP contribution in [0.25, 0.3) is 0 Å². The van der Waals surface area contributed by atoms with Crippen LogP contribution in [0, 0.1) is 0 Å². The first-order chi connectivity index (χ1) is 10.3. The van der Waals surface area contributed by atoms with Gasteiger partial charge in [-0.2, -0.15) is 0 Å². The average Bonchev–Trinajstić information content (AvgIpc) is 3.06. The van der Waals surface area contributed by atoms with Gasteiger partial charge in [0.15, 0.2) is 0 Å². The van der Waals surface area contributed by atoms with E-state index in [1.165, 1.54) is 16.1 Å². The van der Waals surface area contributed by atoms with Crippen LogP contribution in [0.1, 0.15) is 18.2 Å². The van der Waals surface area contributed by atoms with Crippen molar-refractivity contribution < 1.29 is 9.21 Å². The summed E-state index contributed by atoms with van der Waals surface area (Å²) in [4.78, 5) is 10.3. The molecule has 0 unspecified atom stereocenters. The Bertz CT molecular complexity index is 507. The smallest absolute Gasteiger partial charge is 0.221 e. The fourth-order valence-electron chi connectivity index (χ4n) is 1.77. The quantitative estimate of drug-likeness (QED) is 0.251. The summed E-state index contributed by atoms with van der Waals surface area (Å²) in [6.45, 7) is 2.19. The molecule has 1 aromatic carbocycles. The number of hydrogen-bond acceptors (Lipinski definition) is 5. The van der Waals surface area contributed by atoms with Crippen molar-refractivity contribution >= 4 is 23.9 Å². The van der Waals surface area contributed by atoms with E-state index >= 15 is 0 Å². The highest BCUT2D eigenvalue weighted by Crippen LogP contribution is 2.33. The summed E-state index contributed by atoms with van der Waals surface area (Å²) >= 11 is 1.82. The van der Waals surface area contributed by atoms with Crippen LogP contribution in [-0.4, -0.2) is 13.5 Å². The molecule has 0 saturated carbocycles. The third-order valence-corrected chi connectivity index (χ3v) is 3.95. The summed E-state index contributed by atoms with van der Waals surface area (Å²) in [6, 6.07) is 10.3. The van der Waals surface area contributed by atoms with Crippen molar-refractivity contribution in [2.45, 2.75) is 24.0 Å². The molecule has 0 aliphatic rings. The molecule has 5 nitrogen and oxygen atoms in total. The van der Waals surface area contributed by atoms with Gasteiger partial charge in [0.25, 0.3) is 0 Å². The lowest BCUT2D eigenvalue weighted by Gasteiger charge is -2.12. The fraction of sp³-hybridized carbons (Fsp3) is 0.267. The average molecular weight is 307 g/mol. The highest BCUT2D eigenvalue weighted by molar-refractivity contribution is 7.98. The molecule has 0 fully saturated rings. The Kier molecular flexibility index (Phi) is 8.08. The first-order valence-corrected chi connectivity index (χ1v) is 7.59. The van der Waals surface area contributed by atoms with Gasteiger partial charge in [-0.25, -0.2) is 5.84 Å². The molecular formula is C15H21N3O2S. The number of aryl methyl sites for hydroxylation is 1. The van der Waals surface area contributed by atoms with Gasteiger partial charge in [-0.05, 0) is 30.2 Å². The Balaban J connectivity index is 0.000000491. The number of nitrogens with two attached hydrogens (primary N) is 1. The van der Waals surface area contributed by atoms with E-state index in [-0.39, 0.29) is 0 Å². The van der Waals surface area contributed by atoms with Crippen molar-refractivity contribution in [3.05, 3.63) is 47.9 Å². The molecule has 0 aliphatic heterocycles. The maximum absolute atomic E-state index is 8.94. The second-order valence-corrected chi connectivity index (χ2v) is 5.04. The molecule has 0 atom stereocenters. The number of furan rings is 1. The predicted molar refractivity (Wildman–Crippen MR) is 87.0 cm³/mol. The molecule has 6 heteroatoms. The largest absolute Gasteiger partial charge is 0.468 e. The van der Waals surface area contributed by atoms with Gasteiger partial charge in [-0.1, -0.05) is 19.1 Å². The van der Waals surface area contributed by atoms with Crippen LogP contribution in [-0.2, 0) is 17.0 Å². The fourth-order valence-corrected chi connectivity index (χ4v) is 2.94. The Morgan fingerprint density at radius 3 is 2.62 bits per heavy atom. The molecule has 0 saturated heterocycles. The SMILES string of the molecule is CCc1cccc(NC)c1SCc1ccco1.NNC=O. The minimum Gasteiger partial charge on any atom is -0.468 e. The summed E-state index contributed by atoms with van der Waals surface area (Å²) < 4.78 is 5.36. The van der Waals surface area contributed by atoms with Gasteiger partial charge in [0, 0.05) is 17.6 Å². The molecule has 2 aromatic rings. The van der Waals surface area contributed by atoms with E-state index in [0.29, 0.717) is 6.41 Å². The number of carbonyl (C=O) groups is 1. The van der Waals surface area contributed by atoms with E-state index in [9.17, 15) is 0 Å². The van der Waals surface area contributed by atoms with Gasteiger partial charge in [-0.3, -0.25) is 10.2 Å². The number of carbonyl (C=O) groups excluding carboxylic acids is 1. The van der Waals surface area contributed by atoms with Gasteiger partial charge >= 0.3 is 0 Å². The zero-order chi connectivity index (χ0) is 15.5. The minimum atomic E-state index is 0.403. The van der Waals surface area contributed by atoms with Gasteiger partial charge in [-0.15, -0.1) is 11.8 Å². The number of rotatable bonds is 6. The van der Waals surface area contributed by atoms with Crippen LogP contribution < -0.4 is 16.6 Å². The molecule has 4 N–H and O–H groups in total. The summed E-state index contributed by atoms with van der Waals surface area (Å²) in [5, 5.41) is 3.25. The third kappa shape index (κ3) is 5.53. The topological polar surface area (TPSA) is 80.3 Å². The molecule has 2 rings (SSSR count). The molecular weight excluding hydrogens is 286 g/mol. The Labute approximate surface area is 129 Å². The van der Waals surface area contributed by atoms with Crippen molar-refractivity contribution in [3.8, 4) is 0 Å². The zero-order valence-electron chi connectivity index (χ0n) is 12.3. The van der Waals surface area contributed by atoms with E-state index in [1.807, 2.05) is 30.9 Å². The van der Waals surface area contributed by atoms with Crippen molar-refractivity contribution in [1.29, 1.82) is 0 Å². The standard InChI is InChI=1S/C14H17NOS.CH4N2O/c1-3-11-6-4-8-13(15-2)14(11)17-10-12-7-5-9-16-12;2-3-1-4/h4-9,15H,3,10H2,1-2H3;1H,2H2,(H,3,4). The van der Waals surface area contributed by atoms with Gasteiger partial charge in [0.1, 0.15) is 5.76 Å². The van der Waals surface area contributed by atoms with Crippen LogP contribution in [0.2, 0.25) is 0 Å². The molecule has 1 aromatic heterocycles. The highest BCUT2D eigenvalue weighted by atomic mass is 32.2. The Morgan fingerprint density at radius 2 is 2.10 bits per heavy atom. The van der Waals surface area contributed by atoms with E-state index in [2.05, 4.69) is 36.3 Å². The van der Waals surface area contributed by atoms with Crippen LogP contribution >= 0.6 is 11.8 Å². The maximum Gasteiger partial charge on any atom is 0.221 e. The van der Waals surface area contributed by atoms with E-state index in [0.717, 1.165) is 17.9 Å². The lowest BCUT2D eigenvalue weighted by atomic mass is 10.1. The summed E-state index contributed by atoms with van der Waals surface area (Å²) in [7, 11) is 1.96. The molecule has 0 spiro atoms. The van der Waals surface area contributed by atoms with Crippen LogP contribution in [0.5, 0.6) is 0 Å². The van der Waals surface area contributed by atoms with E-state index < -0.39 is 0 Å². The predicted octanol–water partition coefficient (Wildman–Crippen LogP) is 2.78. The van der Waals surface area contributed by atoms with E-state index in [4.69, 9.17) is 9.21 Å². The third-order valence-electron chi connectivity index (χ3n) is 2.75. The second kappa shape index (κ2) is 9.90. The lowest BCUT2D eigenvalue weighted by molar-refractivity contribution is -0.109. The van der Waals surface area contributed by atoms with Crippen molar-refractivity contribution in [2.75, 3.05) is 12.4 Å². The Hall–Kier alpha value is -1.92. The van der Waals surface area contributed by atoms with Crippen LogP contribution in [0.15, 0.2) is 45.9 Å². The summed E-state index contributed by atoms with van der Waals surface area (Å²) in [5.41, 5.74) is 4.33. The van der Waals surface area contributed by atoms with Crippen molar-refractivity contribution in [2.24, 2.45) is 5.84 Å². The normalized spacial score (nSPS) is 9.48. The van der Waals surface area contributed by atoms with Crippen molar-refractivity contribution in [3.63, 3.8) is 0 Å². The molecule has 1 heterocycles. The second-order valence-electron chi connectivity index (χ2n) is 4.05. The zero-order valence-corrected chi connectivity index (χ0v) is 13.1. The number of nitrogens with one attached hydrogen (secondary N) is 2. The molecule has 0 radical (unpaired) electrons. The number of thioether (sulfide) groups is 1. The van der Waals surface area contributed by atoms with Gasteiger partial charge < -0.3 is 9.73 Å². The summed E-state index contributed by atoms with van der Waals surface area (Å²) in [5.74, 6) is 6.30. The monoisotopic (exact) mass is 307 g/mol. The maximum atomic E-state index is 8.94. The first kappa shape index (κ1) is 17.1. The Morgan fingerprint density at radius 1 is 1.33 bits per heavy atom. The number of anilines is 1. The van der Waals surface area contributed by atoms with E-state index in [1.54, 1.807) is 11.7 Å². The first-order valence-electron chi connectivity index (χ1n) is 6.61. The minimum absolute atomic E-state index is 0.403. The lowest BCUT2D eigenvalue weighted by Crippen LogP contribution is -2.18. The molecule has 0 aliphatic carbocycles. The highest BCUT2D eigenvalue weighted by Gasteiger charge is 2.08.